The summed E-state index contributed by atoms with van der Waals surface area (Å²) in [5, 5.41) is 0.744. The second-order valence-corrected chi connectivity index (χ2v) is 4.67. The van der Waals surface area contributed by atoms with Crippen LogP contribution in [0.4, 0.5) is 15.8 Å². The molecule has 0 atom stereocenters. The molecule has 0 unspecified atom stereocenters. The molecule has 0 saturated carbocycles. The second-order valence-electron chi connectivity index (χ2n) is 4.67. The van der Waals surface area contributed by atoms with E-state index in [0.29, 0.717) is 43.2 Å². The minimum Gasteiger partial charge on any atom is -0.398 e. The zero-order chi connectivity index (χ0) is 15.2. The molecule has 0 bridgehead atoms. The van der Waals surface area contributed by atoms with Crippen LogP contribution in [-0.4, -0.2) is 45.5 Å². The summed E-state index contributed by atoms with van der Waals surface area (Å²) in [4.78, 5) is 6.17. The number of hydrogen-bond acceptors (Lipinski definition) is 5. The molecular weight excluding hydrogens is 273 g/mol. The Labute approximate surface area is 123 Å². The first-order chi connectivity index (χ1) is 10.2. The molecule has 5 nitrogen and oxygen atoms in total. The zero-order valence-corrected chi connectivity index (χ0v) is 12.3. The van der Waals surface area contributed by atoms with Crippen molar-refractivity contribution in [2.45, 2.75) is 0 Å². The van der Waals surface area contributed by atoms with Gasteiger partial charge in [-0.05, 0) is 18.2 Å². The zero-order valence-electron chi connectivity index (χ0n) is 12.3. The SMILES string of the molecule is COCCN(CCOC)c1c(F)cc(N)c2cccnc12. The van der Waals surface area contributed by atoms with E-state index in [2.05, 4.69) is 4.98 Å². The smallest absolute Gasteiger partial charge is 0.150 e. The Morgan fingerprint density at radius 2 is 1.90 bits per heavy atom. The molecule has 0 saturated heterocycles. The van der Waals surface area contributed by atoms with E-state index in [0.717, 1.165) is 5.39 Å². The van der Waals surface area contributed by atoms with Gasteiger partial charge in [0.05, 0.1) is 24.4 Å². The fourth-order valence-electron chi connectivity index (χ4n) is 2.26. The van der Waals surface area contributed by atoms with Crippen molar-refractivity contribution < 1.29 is 13.9 Å². The molecule has 0 spiro atoms. The number of methoxy groups -OCH3 is 2. The minimum absolute atomic E-state index is 0.383. The lowest BCUT2D eigenvalue weighted by molar-refractivity contribution is 0.190. The van der Waals surface area contributed by atoms with Crippen LogP contribution in [0.1, 0.15) is 0 Å². The highest BCUT2D eigenvalue weighted by Crippen LogP contribution is 2.32. The van der Waals surface area contributed by atoms with Crippen LogP contribution >= 0.6 is 0 Å². The molecule has 2 aromatic rings. The van der Waals surface area contributed by atoms with Crippen molar-refractivity contribution in [3.63, 3.8) is 0 Å². The first kappa shape index (κ1) is 15.5. The largest absolute Gasteiger partial charge is 0.398 e. The molecule has 0 aliphatic heterocycles. The maximum Gasteiger partial charge on any atom is 0.150 e. The summed E-state index contributed by atoms with van der Waals surface area (Å²) in [5.41, 5.74) is 7.26. The summed E-state index contributed by atoms with van der Waals surface area (Å²) in [6.45, 7) is 2.07. The Morgan fingerprint density at radius 1 is 1.24 bits per heavy atom. The number of nitrogen functional groups attached to an aromatic ring is 1. The summed E-state index contributed by atoms with van der Waals surface area (Å²) < 4.78 is 24.6. The third-order valence-electron chi connectivity index (χ3n) is 3.30. The number of halogens is 1. The van der Waals surface area contributed by atoms with Crippen molar-refractivity contribution in [1.29, 1.82) is 0 Å². The van der Waals surface area contributed by atoms with E-state index in [-0.39, 0.29) is 5.82 Å². The van der Waals surface area contributed by atoms with Crippen molar-refractivity contribution in [2.75, 3.05) is 51.2 Å². The average molecular weight is 293 g/mol. The molecule has 21 heavy (non-hydrogen) atoms. The number of hydrogen-bond donors (Lipinski definition) is 1. The van der Waals surface area contributed by atoms with E-state index >= 15 is 0 Å². The van der Waals surface area contributed by atoms with Gasteiger partial charge in [-0.3, -0.25) is 4.98 Å². The van der Waals surface area contributed by atoms with Gasteiger partial charge in [0.1, 0.15) is 0 Å². The van der Waals surface area contributed by atoms with Crippen molar-refractivity contribution in [1.82, 2.24) is 4.98 Å². The van der Waals surface area contributed by atoms with Crippen LogP contribution in [-0.2, 0) is 9.47 Å². The standard InChI is InChI=1S/C15H20FN3O2/c1-20-8-6-19(7-9-21-2)15-12(16)10-13(17)11-4-3-5-18-14(11)15/h3-5,10H,6-9,17H2,1-2H3. The van der Waals surface area contributed by atoms with Gasteiger partial charge in [0.25, 0.3) is 0 Å². The van der Waals surface area contributed by atoms with Gasteiger partial charge in [0.15, 0.2) is 5.82 Å². The van der Waals surface area contributed by atoms with Crippen LogP contribution in [0.25, 0.3) is 10.9 Å². The second kappa shape index (κ2) is 7.19. The maximum absolute atomic E-state index is 14.4. The number of nitrogens with two attached hydrogens (primary N) is 1. The molecule has 1 aromatic carbocycles. The molecule has 2 rings (SSSR count). The van der Waals surface area contributed by atoms with E-state index in [9.17, 15) is 4.39 Å². The molecule has 1 heterocycles. The first-order valence-corrected chi connectivity index (χ1v) is 6.74. The Hall–Kier alpha value is -1.92. The molecule has 1 aromatic heterocycles. The topological polar surface area (TPSA) is 60.6 Å². The number of ether oxygens (including phenoxy) is 2. The summed E-state index contributed by atoms with van der Waals surface area (Å²) in [6, 6.07) is 4.96. The Kier molecular flexibility index (Phi) is 5.30. The molecule has 0 amide bonds. The third kappa shape index (κ3) is 3.40. The average Bonchev–Trinajstić information content (AvgIpc) is 2.49. The molecule has 0 radical (unpaired) electrons. The van der Waals surface area contributed by atoms with Gasteiger partial charge in [-0.1, -0.05) is 0 Å². The molecule has 0 aliphatic rings. The van der Waals surface area contributed by atoms with Gasteiger partial charge in [-0.25, -0.2) is 4.39 Å². The van der Waals surface area contributed by atoms with Gasteiger partial charge < -0.3 is 20.1 Å². The fraction of sp³-hybridized carbons (Fsp3) is 0.400. The summed E-state index contributed by atoms with van der Waals surface area (Å²) in [5.74, 6) is -0.383. The number of anilines is 2. The number of nitrogens with zero attached hydrogens (tertiary/aromatic N) is 2. The molecule has 2 N–H and O–H groups in total. The number of aromatic nitrogens is 1. The summed E-state index contributed by atoms with van der Waals surface area (Å²) in [6.07, 6.45) is 1.63. The number of fused-ring (bicyclic) bond motifs is 1. The Balaban J connectivity index is 2.49. The van der Waals surface area contributed by atoms with E-state index in [1.54, 1.807) is 26.5 Å². The van der Waals surface area contributed by atoms with Crippen molar-refractivity contribution in [3.8, 4) is 0 Å². The van der Waals surface area contributed by atoms with Crippen LogP contribution < -0.4 is 10.6 Å². The lowest BCUT2D eigenvalue weighted by atomic mass is 10.1. The van der Waals surface area contributed by atoms with Gasteiger partial charge in [-0.2, -0.15) is 0 Å². The van der Waals surface area contributed by atoms with E-state index < -0.39 is 0 Å². The highest BCUT2D eigenvalue weighted by atomic mass is 19.1. The van der Waals surface area contributed by atoms with Gasteiger partial charge in [0, 0.05) is 44.6 Å². The monoisotopic (exact) mass is 293 g/mol. The number of benzene rings is 1. The van der Waals surface area contributed by atoms with Gasteiger partial charge >= 0.3 is 0 Å². The molecule has 0 fully saturated rings. The lowest BCUT2D eigenvalue weighted by Gasteiger charge is -2.26. The first-order valence-electron chi connectivity index (χ1n) is 6.74. The lowest BCUT2D eigenvalue weighted by Crippen LogP contribution is -2.31. The van der Waals surface area contributed by atoms with Crippen molar-refractivity contribution in [3.05, 3.63) is 30.2 Å². The normalized spacial score (nSPS) is 11.0. The Morgan fingerprint density at radius 3 is 2.52 bits per heavy atom. The molecular formula is C15H20FN3O2. The van der Waals surface area contributed by atoms with Crippen LogP contribution in [0.15, 0.2) is 24.4 Å². The Bertz CT molecular complexity index is 599. The highest BCUT2D eigenvalue weighted by molar-refractivity contribution is 5.98. The van der Waals surface area contributed by atoms with Crippen LogP contribution in [0, 0.1) is 5.82 Å². The summed E-state index contributed by atoms with van der Waals surface area (Å²) in [7, 11) is 3.23. The fourth-order valence-corrected chi connectivity index (χ4v) is 2.26. The van der Waals surface area contributed by atoms with Gasteiger partial charge in [0.2, 0.25) is 0 Å². The number of pyridine rings is 1. The van der Waals surface area contributed by atoms with Crippen LogP contribution in [0.5, 0.6) is 0 Å². The molecule has 6 heteroatoms. The van der Waals surface area contributed by atoms with Crippen molar-refractivity contribution in [2.24, 2.45) is 0 Å². The molecule has 0 aliphatic carbocycles. The predicted molar refractivity (Wildman–Crippen MR) is 82.1 cm³/mol. The van der Waals surface area contributed by atoms with Crippen molar-refractivity contribution >= 4 is 22.3 Å². The van der Waals surface area contributed by atoms with E-state index in [1.165, 1.54) is 6.07 Å². The summed E-state index contributed by atoms with van der Waals surface area (Å²) >= 11 is 0. The van der Waals surface area contributed by atoms with Crippen LogP contribution in [0.2, 0.25) is 0 Å². The quantitative estimate of drug-likeness (QED) is 0.792. The predicted octanol–water partition coefficient (Wildman–Crippen LogP) is 2.06. The van der Waals surface area contributed by atoms with Crippen LogP contribution in [0.3, 0.4) is 0 Å². The third-order valence-corrected chi connectivity index (χ3v) is 3.30. The number of rotatable bonds is 7. The van der Waals surface area contributed by atoms with E-state index in [1.807, 2.05) is 11.0 Å². The highest BCUT2D eigenvalue weighted by Gasteiger charge is 2.18. The van der Waals surface area contributed by atoms with E-state index in [4.69, 9.17) is 15.2 Å². The minimum atomic E-state index is -0.383. The molecule has 114 valence electrons. The maximum atomic E-state index is 14.4. The van der Waals surface area contributed by atoms with Gasteiger partial charge in [-0.15, -0.1) is 0 Å².